The molecule has 0 bridgehead atoms. The number of nitrogens with zero attached hydrogens (tertiary/aromatic N) is 4. The first kappa shape index (κ1) is 27.8. The largest absolute Gasteiger partial charge is 0.418 e. The Balaban J connectivity index is 1.30. The molecule has 0 atom stereocenters. The first-order chi connectivity index (χ1) is 19.8. The number of aromatic nitrogens is 3. The lowest BCUT2D eigenvalue weighted by Gasteiger charge is -2.37. The molecular weight excluding hydrogens is 555 g/mol. The standard InChI is InChI=1S/C30H29ClF3N5O2/c31-24-6-2-1-4-20(24)9-13-36-28-22-8-7-21(27-23(30(32,33)34)5-3-12-35-27)18-25(22)37-26(38-28)19-39-14-10-29(11-15-39)40-16-17-41-29/h1-8,12,18H,9-11,13-17,19H2,(H,36,37,38). The maximum absolute atomic E-state index is 13.7. The van der Waals surface area contributed by atoms with E-state index in [9.17, 15) is 13.2 Å². The van der Waals surface area contributed by atoms with E-state index in [-0.39, 0.29) is 5.69 Å². The number of rotatable bonds is 7. The maximum atomic E-state index is 13.7. The summed E-state index contributed by atoms with van der Waals surface area (Å²) in [7, 11) is 0. The first-order valence-electron chi connectivity index (χ1n) is 13.6. The quantitative estimate of drug-likeness (QED) is 0.271. The number of piperidine rings is 1. The first-order valence-corrected chi connectivity index (χ1v) is 14.0. The van der Waals surface area contributed by atoms with Gasteiger partial charge in [0.1, 0.15) is 11.6 Å². The average Bonchev–Trinajstić information content (AvgIpc) is 3.42. The zero-order chi connectivity index (χ0) is 28.5. The number of anilines is 1. The fourth-order valence-electron chi connectivity index (χ4n) is 5.45. The van der Waals surface area contributed by atoms with Gasteiger partial charge in [-0.15, -0.1) is 0 Å². The predicted octanol–water partition coefficient (Wildman–Crippen LogP) is 6.36. The van der Waals surface area contributed by atoms with Crippen molar-refractivity contribution in [2.75, 3.05) is 38.2 Å². The van der Waals surface area contributed by atoms with Gasteiger partial charge in [-0.2, -0.15) is 13.2 Å². The molecule has 0 aliphatic carbocycles. The van der Waals surface area contributed by atoms with Crippen LogP contribution < -0.4 is 5.32 Å². The van der Waals surface area contributed by atoms with Crippen LogP contribution in [0.15, 0.2) is 60.8 Å². The van der Waals surface area contributed by atoms with Crippen molar-refractivity contribution in [2.24, 2.45) is 0 Å². The van der Waals surface area contributed by atoms with Gasteiger partial charge in [0.25, 0.3) is 0 Å². The third-order valence-corrected chi connectivity index (χ3v) is 7.94. The molecule has 41 heavy (non-hydrogen) atoms. The molecule has 6 rings (SSSR count). The van der Waals surface area contributed by atoms with Crippen molar-refractivity contribution in [3.8, 4) is 11.3 Å². The van der Waals surface area contributed by atoms with Crippen LogP contribution in [0.4, 0.5) is 19.0 Å². The minimum Gasteiger partial charge on any atom is -0.369 e. The minimum absolute atomic E-state index is 0.131. The number of ether oxygens (including phenoxy) is 2. The molecule has 11 heteroatoms. The van der Waals surface area contributed by atoms with Gasteiger partial charge in [0.05, 0.1) is 36.5 Å². The molecule has 2 fully saturated rings. The summed E-state index contributed by atoms with van der Waals surface area (Å²) in [6, 6.07) is 15.0. The molecule has 2 aromatic heterocycles. The van der Waals surface area contributed by atoms with E-state index in [1.54, 1.807) is 18.2 Å². The molecule has 0 amide bonds. The van der Waals surface area contributed by atoms with Crippen LogP contribution in [0, 0.1) is 0 Å². The summed E-state index contributed by atoms with van der Waals surface area (Å²) in [5, 5.41) is 4.82. The lowest BCUT2D eigenvalue weighted by atomic mass is 10.0. The average molecular weight is 584 g/mol. The van der Waals surface area contributed by atoms with Crippen LogP contribution in [0.25, 0.3) is 22.2 Å². The van der Waals surface area contributed by atoms with Gasteiger partial charge in [0.15, 0.2) is 5.79 Å². The maximum Gasteiger partial charge on any atom is 0.418 e. The highest BCUT2D eigenvalue weighted by molar-refractivity contribution is 6.31. The summed E-state index contributed by atoms with van der Waals surface area (Å²) >= 11 is 6.34. The van der Waals surface area contributed by atoms with Gasteiger partial charge in [0.2, 0.25) is 0 Å². The molecule has 7 nitrogen and oxygen atoms in total. The summed E-state index contributed by atoms with van der Waals surface area (Å²) in [6.07, 6.45) is -0.973. The van der Waals surface area contributed by atoms with Crippen LogP contribution in [0.3, 0.4) is 0 Å². The summed E-state index contributed by atoms with van der Waals surface area (Å²) in [4.78, 5) is 15.9. The van der Waals surface area contributed by atoms with E-state index in [0.29, 0.717) is 65.9 Å². The third kappa shape index (κ3) is 6.16. The third-order valence-electron chi connectivity index (χ3n) is 7.57. The van der Waals surface area contributed by atoms with Gasteiger partial charge in [-0.1, -0.05) is 35.9 Å². The number of alkyl halides is 3. The molecule has 2 aliphatic rings. The molecule has 4 heterocycles. The van der Waals surface area contributed by atoms with Crippen molar-refractivity contribution in [3.05, 3.63) is 82.8 Å². The van der Waals surface area contributed by atoms with Gasteiger partial charge in [-0.3, -0.25) is 9.88 Å². The highest BCUT2D eigenvalue weighted by atomic mass is 35.5. The Morgan fingerprint density at radius 2 is 1.76 bits per heavy atom. The van der Waals surface area contributed by atoms with Crippen molar-refractivity contribution >= 4 is 28.3 Å². The zero-order valence-electron chi connectivity index (χ0n) is 22.3. The van der Waals surface area contributed by atoms with E-state index >= 15 is 0 Å². The molecule has 4 aromatic rings. The fraction of sp³-hybridized carbons (Fsp3) is 0.367. The lowest BCUT2D eigenvalue weighted by molar-refractivity contribution is -0.185. The minimum atomic E-state index is -4.53. The van der Waals surface area contributed by atoms with Crippen LogP contribution in [0.1, 0.15) is 29.8 Å². The molecule has 1 N–H and O–H groups in total. The molecule has 2 aliphatic heterocycles. The Bertz CT molecular complexity index is 1530. The number of nitrogens with one attached hydrogen (secondary N) is 1. The number of hydrogen-bond donors (Lipinski definition) is 1. The Morgan fingerprint density at radius 3 is 2.51 bits per heavy atom. The van der Waals surface area contributed by atoms with Crippen molar-refractivity contribution in [1.29, 1.82) is 0 Å². The molecule has 214 valence electrons. The molecule has 2 aromatic carbocycles. The molecule has 0 unspecified atom stereocenters. The van der Waals surface area contributed by atoms with Crippen LogP contribution >= 0.6 is 11.6 Å². The Morgan fingerprint density at radius 1 is 0.976 bits per heavy atom. The number of halogens is 4. The van der Waals surface area contributed by atoms with Gasteiger partial charge in [0, 0.05) is 54.6 Å². The van der Waals surface area contributed by atoms with Crippen LogP contribution in [-0.4, -0.2) is 58.5 Å². The normalized spacial score (nSPS) is 17.4. The smallest absolute Gasteiger partial charge is 0.369 e. The Kier molecular flexibility index (Phi) is 7.82. The van der Waals surface area contributed by atoms with E-state index < -0.39 is 17.5 Å². The number of hydrogen-bond acceptors (Lipinski definition) is 7. The monoisotopic (exact) mass is 583 g/mol. The number of fused-ring (bicyclic) bond motifs is 1. The number of pyridine rings is 1. The van der Waals surface area contributed by atoms with E-state index in [1.807, 2.05) is 24.3 Å². The van der Waals surface area contributed by atoms with Crippen molar-refractivity contribution in [1.82, 2.24) is 19.9 Å². The summed E-state index contributed by atoms with van der Waals surface area (Å²) in [5.74, 6) is 0.715. The molecule has 0 saturated carbocycles. The number of likely N-dealkylation sites (tertiary alicyclic amines) is 1. The zero-order valence-corrected chi connectivity index (χ0v) is 23.0. The molecule has 2 saturated heterocycles. The fourth-order valence-corrected chi connectivity index (χ4v) is 5.68. The topological polar surface area (TPSA) is 72.4 Å². The SMILES string of the molecule is FC(F)(F)c1cccnc1-c1ccc2c(NCCc3ccccc3Cl)nc(CN3CCC4(CC3)OCCO4)nc2c1. The number of benzene rings is 2. The Hall–Kier alpha value is -3.31. The summed E-state index contributed by atoms with van der Waals surface area (Å²) in [6.45, 7) is 3.82. The highest BCUT2D eigenvalue weighted by Crippen LogP contribution is 2.37. The highest BCUT2D eigenvalue weighted by Gasteiger charge is 2.40. The van der Waals surface area contributed by atoms with E-state index in [1.165, 1.54) is 12.3 Å². The van der Waals surface area contributed by atoms with Gasteiger partial charge < -0.3 is 14.8 Å². The summed E-state index contributed by atoms with van der Waals surface area (Å²) in [5.41, 5.74) is 0.976. The van der Waals surface area contributed by atoms with Crippen LogP contribution in [-0.2, 0) is 28.6 Å². The van der Waals surface area contributed by atoms with E-state index in [2.05, 4.69) is 15.2 Å². The van der Waals surface area contributed by atoms with E-state index in [4.69, 9.17) is 31.0 Å². The predicted molar refractivity (Wildman–Crippen MR) is 151 cm³/mol. The van der Waals surface area contributed by atoms with Gasteiger partial charge in [-0.05, 0) is 42.3 Å². The van der Waals surface area contributed by atoms with Crippen molar-refractivity contribution < 1.29 is 22.6 Å². The van der Waals surface area contributed by atoms with Gasteiger partial charge >= 0.3 is 6.18 Å². The van der Waals surface area contributed by atoms with Crippen molar-refractivity contribution in [2.45, 2.75) is 37.8 Å². The lowest BCUT2D eigenvalue weighted by Crippen LogP contribution is -2.44. The van der Waals surface area contributed by atoms with Crippen LogP contribution in [0.2, 0.25) is 5.02 Å². The Labute approximate surface area is 240 Å². The summed E-state index contributed by atoms with van der Waals surface area (Å²) < 4.78 is 52.9. The molecular formula is C30H29ClF3N5O2. The molecule has 0 radical (unpaired) electrons. The second-order valence-electron chi connectivity index (χ2n) is 10.3. The second kappa shape index (κ2) is 11.5. The second-order valence-corrected chi connectivity index (χ2v) is 10.7. The van der Waals surface area contributed by atoms with Crippen molar-refractivity contribution in [3.63, 3.8) is 0 Å². The molecule has 1 spiro atoms. The van der Waals surface area contributed by atoms with Gasteiger partial charge in [-0.25, -0.2) is 9.97 Å². The van der Waals surface area contributed by atoms with Crippen LogP contribution in [0.5, 0.6) is 0 Å². The van der Waals surface area contributed by atoms with E-state index in [0.717, 1.165) is 37.6 Å².